The summed E-state index contributed by atoms with van der Waals surface area (Å²) in [6, 6.07) is 3.88. The van der Waals surface area contributed by atoms with E-state index >= 15 is 0 Å². The Hall–Kier alpha value is -1.66. The molecule has 0 spiro atoms. The lowest BCUT2D eigenvalue weighted by Gasteiger charge is -2.33. The predicted molar refractivity (Wildman–Crippen MR) is 93.0 cm³/mol. The molecule has 0 aliphatic carbocycles. The highest BCUT2D eigenvalue weighted by molar-refractivity contribution is 7.09. The van der Waals surface area contributed by atoms with Gasteiger partial charge in [-0.25, -0.2) is 4.98 Å². The number of likely N-dealkylation sites (tertiary alicyclic amines) is 2. The first-order chi connectivity index (χ1) is 11.8. The summed E-state index contributed by atoms with van der Waals surface area (Å²) < 4.78 is 5.88. The van der Waals surface area contributed by atoms with Gasteiger partial charge >= 0.3 is 0 Å². The van der Waals surface area contributed by atoms with Gasteiger partial charge in [-0.1, -0.05) is 0 Å². The zero-order chi connectivity index (χ0) is 16.4. The van der Waals surface area contributed by atoms with E-state index < -0.39 is 0 Å². The summed E-state index contributed by atoms with van der Waals surface area (Å²) in [5.74, 6) is 1.36. The van der Waals surface area contributed by atoms with Crippen LogP contribution in [0.4, 0.5) is 0 Å². The number of amides is 1. The molecule has 1 amide bonds. The average Bonchev–Trinajstić information content (AvgIpc) is 3.37. The Kier molecular flexibility index (Phi) is 4.67. The van der Waals surface area contributed by atoms with Crippen molar-refractivity contribution in [2.24, 2.45) is 0 Å². The Labute approximate surface area is 146 Å². The molecule has 0 N–H and O–H groups in total. The van der Waals surface area contributed by atoms with E-state index in [0.29, 0.717) is 5.76 Å². The summed E-state index contributed by atoms with van der Waals surface area (Å²) in [6.45, 7) is 3.85. The van der Waals surface area contributed by atoms with Crippen LogP contribution >= 0.6 is 11.3 Å². The fourth-order valence-electron chi connectivity index (χ4n) is 3.71. The number of nitrogens with zero attached hydrogens (tertiary/aromatic N) is 3. The molecule has 0 bridgehead atoms. The minimum absolute atomic E-state index is 0.00238. The van der Waals surface area contributed by atoms with E-state index in [4.69, 9.17) is 4.42 Å². The molecule has 2 aliphatic heterocycles. The third-order valence-electron chi connectivity index (χ3n) is 4.95. The molecule has 4 rings (SSSR count). The van der Waals surface area contributed by atoms with Crippen molar-refractivity contribution in [1.82, 2.24) is 14.8 Å². The quantitative estimate of drug-likeness (QED) is 0.848. The van der Waals surface area contributed by atoms with E-state index in [2.05, 4.69) is 9.88 Å². The largest absolute Gasteiger partial charge is 0.455 e. The highest BCUT2D eigenvalue weighted by atomic mass is 32.1. The lowest BCUT2D eigenvalue weighted by molar-refractivity contribution is 0.0575. The molecule has 2 aliphatic rings. The minimum atomic E-state index is 0.00238. The monoisotopic (exact) mass is 345 g/mol. The molecule has 2 saturated heterocycles. The molecule has 4 heterocycles. The molecule has 1 unspecified atom stereocenters. The summed E-state index contributed by atoms with van der Waals surface area (Å²) in [6.07, 6.45) is 7.52. The van der Waals surface area contributed by atoms with Crippen molar-refractivity contribution in [1.29, 1.82) is 0 Å². The molecular formula is C18H23N3O2S. The predicted octanol–water partition coefficient (Wildman–Crippen LogP) is 3.70. The van der Waals surface area contributed by atoms with E-state index in [-0.39, 0.29) is 11.9 Å². The molecule has 1 atom stereocenters. The fourth-order valence-corrected chi connectivity index (χ4v) is 4.50. The number of piperidine rings is 1. The number of hydrogen-bond acceptors (Lipinski definition) is 5. The maximum absolute atomic E-state index is 13.0. The first kappa shape index (κ1) is 15.8. The summed E-state index contributed by atoms with van der Waals surface area (Å²) in [7, 11) is 0. The van der Waals surface area contributed by atoms with Crippen LogP contribution in [0.1, 0.15) is 59.5 Å². The van der Waals surface area contributed by atoms with Gasteiger partial charge in [-0.15, -0.1) is 11.3 Å². The number of furan rings is 1. The van der Waals surface area contributed by atoms with Crippen LogP contribution in [0.15, 0.2) is 28.1 Å². The zero-order valence-electron chi connectivity index (χ0n) is 13.8. The highest BCUT2D eigenvalue weighted by Crippen LogP contribution is 2.33. The molecular weight excluding hydrogens is 322 g/mol. The molecule has 5 nitrogen and oxygen atoms in total. The molecule has 0 aromatic carbocycles. The van der Waals surface area contributed by atoms with Gasteiger partial charge in [0.15, 0.2) is 5.76 Å². The normalized spacial score (nSPS) is 22.2. The van der Waals surface area contributed by atoms with Gasteiger partial charge in [0, 0.05) is 18.1 Å². The lowest BCUT2D eigenvalue weighted by atomic mass is 10.0. The van der Waals surface area contributed by atoms with Gasteiger partial charge in [0.05, 0.1) is 12.6 Å². The molecule has 2 fully saturated rings. The van der Waals surface area contributed by atoms with Crippen molar-refractivity contribution in [3.8, 4) is 0 Å². The van der Waals surface area contributed by atoms with Crippen molar-refractivity contribution in [3.05, 3.63) is 40.2 Å². The molecule has 128 valence electrons. The van der Waals surface area contributed by atoms with E-state index in [0.717, 1.165) is 56.2 Å². The zero-order valence-corrected chi connectivity index (χ0v) is 14.6. The van der Waals surface area contributed by atoms with Crippen LogP contribution in [0.5, 0.6) is 0 Å². The number of hydrogen-bond donors (Lipinski definition) is 0. The standard InChI is InChI=1S/C18H23N3O2S/c22-18(16-7-6-14(23-16)13-20-9-3-4-10-20)21-11-2-1-5-15(21)17-19-8-12-24-17/h6-8,12,15H,1-5,9-11,13H2. The summed E-state index contributed by atoms with van der Waals surface area (Å²) in [5, 5.41) is 3.01. The third kappa shape index (κ3) is 3.26. The number of aromatic nitrogens is 1. The van der Waals surface area contributed by atoms with Gasteiger partial charge in [-0.05, 0) is 57.3 Å². The summed E-state index contributed by atoms with van der Waals surface area (Å²) in [4.78, 5) is 21.7. The number of carbonyl (C=O) groups is 1. The Morgan fingerprint density at radius 2 is 2.04 bits per heavy atom. The molecule has 0 radical (unpaired) electrons. The van der Waals surface area contributed by atoms with Crippen LogP contribution in [-0.4, -0.2) is 40.3 Å². The van der Waals surface area contributed by atoms with Gasteiger partial charge < -0.3 is 9.32 Å². The Morgan fingerprint density at radius 1 is 1.21 bits per heavy atom. The van der Waals surface area contributed by atoms with Gasteiger partial charge in [0.2, 0.25) is 0 Å². The van der Waals surface area contributed by atoms with E-state index in [1.807, 2.05) is 28.6 Å². The molecule has 2 aromatic heterocycles. The topological polar surface area (TPSA) is 49.6 Å². The van der Waals surface area contributed by atoms with Crippen molar-refractivity contribution in [2.75, 3.05) is 19.6 Å². The lowest BCUT2D eigenvalue weighted by Crippen LogP contribution is -2.38. The number of carbonyl (C=O) groups excluding carboxylic acids is 1. The van der Waals surface area contributed by atoms with Crippen molar-refractivity contribution in [3.63, 3.8) is 0 Å². The molecule has 2 aromatic rings. The Balaban J connectivity index is 1.48. The van der Waals surface area contributed by atoms with Gasteiger partial charge in [0.25, 0.3) is 5.91 Å². The summed E-state index contributed by atoms with van der Waals surface area (Å²) >= 11 is 1.63. The van der Waals surface area contributed by atoms with Crippen molar-refractivity contribution in [2.45, 2.75) is 44.7 Å². The van der Waals surface area contributed by atoms with Crippen molar-refractivity contribution >= 4 is 17.2 Å². The van der Waals surface area contributed by atoms with Gasteiger partial charge in [0.1, 0.15) is 10.8 Å². The molecule has 6 heteroatoms. The molecule has 0 saturated carbocycles. The highest BCUT2D eigenvalue weighted by Gasteiger charge is 2.31. The van der Waals surface area contributed by atoms with Crippen molar-refractivity contribution < 1.29 is 9.21 Å². The second-order valence-electron chi connectivity index (χ2n) is 6.63. The Morgan fingerprint density at radius 3 is 2.83 bits per heavy atom. The van der Waals surface area contributed by atoms with Crippen LogP contribution in [-0.2, 0) is 6.54 Å². The van der Waals surface area contributed by atoms with E-state index in [9.17, 15) is 4.79 Å². The summed E-state index contributed by atoms with van der Waals surface area (Å²) in [5.41, 5.74) is 0. The number of rotatable bonds is 4. The van der Waals surface area contributed by atoms with Crippen LogP contribution in [0.25, 0.3) is 0 Å². The third-order valence-corrected chi connectivity index (χ3v) is 5.83. The Bertz CT molecular complexity index is 676. The van der Waals surface area contributed by atoms with Crippen LogP contribution in [0.2, 0.25) is 0 Å². The van der Waals surface area contributed by atoms with Crippen LogP contribution in [0, 0.1) is 0 Å². The number of thiazole rings is 1. The fraction of sp³-hybridized carbons (Fsp3) is 0.556. The smallest absolute Gasteiger partial charge is 0.290 e. The first-order valence-corrected chi connectivity index (χ1v) is 9.70. The maximum atomic E-state index is 13.0. The average molecular weight is 345 g/mol. The molecule has 24 heavy (non-hydrogen) atoms. The maximum Gasteiger partial charge on any atom is 0.290 e. The second-order valence-corrected chi connectivity index (χ2v) is 7.56. The van der Waals surface area contributed by atoms with E-state index in [1.54, 1.807) is 11.3 Å². The first-order valence-electron chi connectivity index (χ1n) is 8.83. The minimum Gasteiger partial charge on any atom is -0.455 e. The second kappa shape index (κ2) is 7.07. The van der Waals surface area contributed by atoms with E-state index in [1.165, 1.54) is 12.8 Å². The van der Waals surface area contributed by atoms with Crippen LogP contribution in [0.3, 0.4) is 0 Å². The van der Waals surface area contributed by atoms with Gasteiger partial charge in [-0.3, -0.25) is 9.69 Å². The van der Waals surface area contributed by atoms with Crippen LogP contribution < -0.4 is 0 Å². The SMILES string of the molecule is O=C(c1ccc(CN2CCCC2)o1)N1CCCCC1c1nccs1. The van der Waals surface area contributed by atoms with Gasteiger partial charge in [-0.2, -0.15) is 0 Å².